The summed E-state index contributed by atoms with van der Waals surface area (Å²) in [7, 11) is 0. The number of hydrogen-bond donors (Lipinski definition) is 0. The highest BCUT2D eigenvalue weighted by atomic mass is 19.4. The molecule has 0 atom stereocenters. The number of allylic oxidation sites excluding steroid dienone is 5. The fourth-order valence-electron chi connectivity index (χ4n) is 1.33. The van der Waals surface area contributed by atoms with Crippen molar-refractivity contribution in [2.75, 3.05) is 0 Å². The van der Waals surface area contributed by atoms with Crippen LogP contribution in [0.25, 0.3) is 5.57 Å². The first-order valence-corrected chi connectivity index (χ1v) is 5.28. The second kappa shape index (κ2) is 6.10. The van der Waals surface area contributed by atoms with E-state index in [9.17, 15) is 13.2 Å². The van der Waals surface area contributed by atoms with Gasteiger partial charge >= 0.3 is 6.36 Å². The van der Waals surface area contributed by atoms with E-state index >= 15 is 0 Å². The lowest BCUT2D eigenvalue weighted by Gasteiger charge is -2.09. The Morgan fingerprint density at radius 3 is 2.28 bits per heavy atom. The summed E-state index contributed by atoms with van der Waals surface area (Å²) < 4.78 is 39.7. The van der Waals surface area contributed by atoms with Crippen LogP contribution in [0.2, 0.25) is 0 Å². The Labute approximate surface area is 104 Å². The molecule has 96 valence electrons. The average Bonchev–Trinajstić information content (AvgIpc) is 2.30. The van der Waals surface area contributed by atoms with Crippen molar-refractivity contribution in [2.45, 2.75) is 13.3 Å². The third kappa shape index (κ3) is 4.49. The van der Waals surface area contributed by atoms with Gasteiger partial charge in [0.25, 0.3) is 0 Å². The predicted molar refractivity (Wildman–Crippen MR) is 66.1 cm³/mol. The Hall–Kier alpha value is -1.97. The first kappa shape index (κ1) is 14.1. The van der Waals surface area contributed by atoms with Gasteiger partial charge in [0, 0.05) is 0 Å². The number of hydrogen-bond acceptors (Lipinski definition) is 1. The van der Waals surface area contributed by atoms with E-state index in [4.69, 9.17) is 0 Å². The molecule has 0 aliphatic carbocycles. The Morgan fingerprint density at radius 2 is 1.83 bits per heavy atom. The normalized spacial score (nSPS) is 12.8. The zero-order chi connectivity index (χ0) is 13.6. The minimum atomic E-state index is -4.66. The van der Waals surface area contributed by atoms with Crippen molar-refractivity contribution in [3.05, 3.63) is 60.7 Å². The van der Waals surface area contributed by atoms with Gasteiger partial charge in [0.1, 0.15) is 5.75 Å². The van der Waals surface area contributed by atoms with Crippen LogP contribution in [-0.2, 0) is 0 Å². The highest BCUT2D eigenvalue weighted by molar-refractivity contribution is 5.74. The van der Waals surface area contributed by atoms with Crippen LogP contribution in [0.3, 0.4) is 0 Å². The number of benzene rings is 1. The standard InChI is InChI=1S/C14H13F3O/c1-3-5-6-11(4-2)12-7-9-13(10-8-12)18-14(15,16)17/h3-10H,2H2,1H3. The van der Waals surface area contributed by atoms with Crippen LogP contribution >= 0.6 is 0 Å². The molecule has 0 saturated carbocycles. The number of alkyl halides is 3. The molecule has 0 aliphatic rings. The number of ether oxygens (including phenoxy) is 1. The number of halogens is 3. The van der Waals surface area contributed by atoms with Crippen LogP contribution in [0.15, 0.2) is 55.1 Å². The molecule has 0 saturated heterocycles. The molecule has 0 radical (unpaired) electrons. The Bertz CT molecular complexity index is 453. The molecule has 4 heteroatoms. The van der Waals surface area contributed by atoms with Gasteiger partial charge < -0.3 is 4.74 Å². The Balaban J connectivity index is 2.91. The van der Waals surface area contributed by atoms with Crippen LogP contribution in [-0.4, -0.2) is 6.36 Å². The quantitative estimate of drug-likeness (QED) is 0.706. The van der Waals surface area contributed by atoms with Gasteiger partial charge in [-0.1, -0.05) is 43.0 Å². The third-order valence-corrected chi connectivity index (χ3v) is 2.11. The molecule has 0 fully saturated rings. The molecule has 0 amide bonds. The van der Waals surface area contributed by atoms with Gasteiger partial charge in [-0.25, -0.2) is 0 Å². The molecule has 1 aromatic carbocycles. The Kier molecular flexibility index (Phi) is 4.77. The average molecular weight is 254 g/mol. The highest BCUT2D eigenvalue weighted by Crippen LogP contribution is 2.25. The SMILES string of the molecule is C=CC(=CC=CC)c1ccc(OC(F)(F)F)cc1. The zero-order valence-electron chi connectivity index (χ0n) is 9.87. The van der Waals surface area contributed by atoms with Crippen molar-refractivity contribution in [1.29, 1.82) is 0 Å². The van der Waals surface area contributed by atoms with Gasteiger partial charge in [0.05, 0.1) is 0 Å². The summed E-state index contributed by atoms with van der Waals surface area (Å²) in [5.74, 6) is -0.235. The van der Waals surface area contributed by atoms with Crippen LogP contribution < -0.4 is 4.74 Å². The first-order valence-electron chi connectivity index (χ1n) is 5.28. The van der Waals surface area contributed by atoms with Crippen LogP contribution in [0.5, 0.6) is 5.75 Å². The van der Waals surface area contributed by atoms with E-state index in [1.165, 1.54) is 12.1 Å². The summed E-state index contributed by atoms with van der Waals surface area (Å²) in [5, 5.41) is 0. The molecule has 0 aromatic heterocycles. The van der Waals surface area contributed by atoms with Gasteiger partial charge in [-0.05, 0) is 30.2 Å². The van der Waals surface area contributed by atoms with Crippen LogP contribution in [0.1, 0.15) is 12.5 Å². The summed E-state index contributed by atoms with van der Waals surface area (Å²) in [5.41, 5.74) is 1.60. The van der Waals surface area contributed by atoms with Crippen molar-refractivity contribution >= 4 is 5.57 Å². The summed E-state index contributed by atoms with van der Waals surface area (Å²) in [6.07, 6.45) is 2.48. The molecule has 0 unspecified atom stereocenters. The van der Waals surface area contributed by atoms with Gasteiger partial charge in [-0.2, -0.15) is 0 Å². The lowest BCUT2D eigenvalue weighted by Crippen LogP contribution is -2.16. The van der Waals surface area contributed by atoms with Crippen molar-refractivity contribution in [2.24, 2.45) is 0 Å². The van der Waals surface area contributed by atoms with Crippen molar-refractivity contribution in [3.8, 4) is 5.75 Å². The minimum absolute atomic E-state index is 0.235. The second-order valence-corrected chi connectivity index (χ2v) is 3.42. The van der Waals surface area contributed by atoms with Gasteiger partial charge in [0.15, 0.2) is 0 Å². The minimum Gasteiger partial charge on any atom is -0.406 e. The maximum atomic E-state index is 12.0. The van der Waals surface area contributed by atoms with Crippen LogP contribution in [0.4, 0.5) is 13.2 Å². The molecular weight excluding hydrogens is 241 g/mol. The molecular formula is C14H13F3O. The lowest BCUT2D eigenvalue weighted by molar-refractivity contribution is -0.274. The van der Waals surface area contributed by atoms with E-state index < -0.39 is 6.36 Å². The summed E-state index contributed by atoms with van der Waals surface area (Å²) >= 11 is 0. The van der Waals surface area contributed by atoms with E-state index in [1.807, 2.05) is 25.2 Å². The molecule has 0 heterocycles. The molecule has 0 aliphatic heterocycles. The molecule has 0 N–H and O–H groups in total. The maximum Gasteiger partial charge on any atom is 0.573 e. The van der Waals surface area contributed by atoms with Crippen molar-refractivity contribution in [1.82, 2.24) is 0 Å². The lowest BCUT2D eigenvalue weighted by atomic mass is 10.1. The molecule has 18 heavy (non-hydrogen) atoms. The molecule has 1 rings (SSSR count). The fraction of sp³-hybridized carbons (Fsp3) is 0.143. The molecule has 0 bridgehead atoms. The molecule has 0 spiro atoms. The van der Waals surface area contributed by atoms with Gasteiger partial charge in [-0.15, -0.1) is 13.2 Å². The van der Waals surface area contributed by atoms with E-state index in [2.05, 4.69) is 11.3 Å². The van der Waals surface area contributed by atoms with Gasteiger partial charge in [0.2, 0.25) is 0 Å². The summed E-state index contributed by atoms with van der Waals surface area (Å²) in [4.78, 5) is 0. The van der Waals surface area contributed by atoms with Crippen LogP contribution in [0, 0.1) is 0 Å². The third-order valence-electron chi connectivity index (χ3n) is 2.11. The number of rotatable bonds is 4. The highest BCUT2D eigenvalue weighted by Gasteiger charge is 2.30. The zero-order valence-corrected chi connectivity index (χ0v) is 9.87. The fourth-order valence-corrected chi connectivity index (χ4v) is 1.33. The predicted octanol–water partition coefficient (Wildman–Crippen LogP) is 4.73. The monoisotopic (exact) mass is 254 g/mol. The maximum absolute atomic E-state index is 12.0. The van der Waals surface area contributed by atoms with E-state index in [-0.39, 0.29) is 5.75 Å². The largest absolute Gasteiger partial charge is 0.573 e. The second-order valence-electron chi connectivity index (χ2n) is 3.42. The van der Waals surface area contributed by atoms with Crippen molar-refractivity contribution < 1.29 is 17.9 Å². The van der Waals surface area contributed by atoms with E-state index in [1.54, 1.807) is 18.2 Å². The topological polar surface area (TPSA) is 9.23 Å². The first-order chi connectivity index (χ1) is 8.46. The summed E-state index contributed by atoms with van der Waals surface area (Å²) in [6.45, 7) is 5.53. The summed E-state index contributed by atoms with van der Waals surface area (Å²) in [6, 6.07) is 5.65. The van der Waals surface area contributed by atoms with E-state index in [0.29, 0.717) is 0 Å². The molecule has 1 nitrogen and oxygen atoms in total. The smallest absolute Gasteiger partial charge is 0.406 e. The van der Waals surface area contributed by atoms with Crippen molar-refractivity contribution in [3.63, 3.8) is 0 Å². The van der Waals surface area contributed by atoms with E-state index in [0.717, 1.165) is 11.1 Å². The van der Waals surface area contributed by atoms with Gasteiger partial charge in [-0.3, -0.25) is 0 Å². The Morgan fingerprint density at radius 1 is 1.22 bits per heavy atom. The molecule has 1 aromatic rings.